The highest BCUT2D eigenvalue weighted by atomic mass is 16.3. The van der Waals surface area contributed by atoms with Crippen molar-refractivity contribution in [2.45, 2.75) is 44.6 Å². The first-order valence-electron chi connectivity index (χ1n) is 5.41. The number of hydrogen-bond donors (Lipinski definition) is 1. The molecule has 1 aromatic rings. The highest BCUT2D eigenvalue weighted by Crippen LogP contribution is 2.43. The molecule has 1 aliphatic carbocycles. The van der Waals surface area contributed by atoms with Crippen LogP contribution in [0.2, 0.25) is 0 Å². The first-order valence-corrected chi connectivity index (χ1v) is 5.41. The largest absolute Gasteiger partial charge is 0.393 e. The molecule has 0 bridgehead atoms. The smallest absolute Gasteiger partial charge is 0.0557 e. The highest BCUT2D eigenvalue weighted by molar-refractivity contribution is 5.31. The molecule has 1 aliphatic rings. The Kier molecular flexibility index (Phi) is 2.36. The van der Waals surface area contributed by atoms with Crippen LogP contribution in [0.15, 0.2) is 24.3 Å². The predicted molar refractivity (Wildman–Crippen MR) is 58.4 cm³/mol. The van der Waals surface area contributed by atoms with E-state index >= 15 is 0 Å². The van der Waals surface area contributed by atoms with Gasteiger partial charge in [-0.1, -0.05) is 38.1 Å². The van der Waals surface area contributed by atoms with Crippen molar-refractivity contribution >= 4 is 0 Å². The van der Waals surface area contributed by atoms with Gasteiger partial charge < -0.3 is 5.11 Å². The maximum atomic E-state index is 9.35. The molecule has 0 amide bonds. The van der Waals surface area contributed by atoms with Crippen LogP contribution >= 0.6 is 0 Å². The number of aliphatic hydroxyl groups is 1. The minimum absolute atomic E-state index is 0.0779. The molecule has 0 aromatic heterocycles. The minimum atomic E-state index is -0.0779. The van der Waals surface area contributed by atoms with Crippen LogP contribution in [0, 0.1) is 0 Å². The molecule has 0 atom stereocenters. The number of rotatable bonds is 2. The number of aliphatic hydroxyl groups excluding tert-OH is 1. The first-order chi connectivity index (χ1) is 6.64. The molecule has 0 unspecified atom stereocenters. The third-order valence-electron chi connectivity index (χ3n) is 3.43. The molecule has 0 aliphatic heterocycles. The molecular weight excluding hydrogens is 172 g/mol. The summed E-state index contributed by atoms with van der Waals surface area (Å²) in [5, 5.41) is 9.35. The monoisotopic (exact) mass is 190 g/mol. The average molecular weight is 190 g/mol. The molecular formula is C13H18O. The fraction of sp³-hybridized carbons (Fsp3) is 0.538. The zero-order valence-corrected chi connectivity index (χ0v) is 8.96. The molecule has 0 spiro atoms. The minimum Gasteiger partial charge on any atom is -0.393 e. The van der Waals surface area contributed by atoms with Crippen LogP contribution in [0.25, 0.3) is 0 Å². The van der Waals surface area contributed by atoms with Crippen molar-refractivity contribution in [3.8, 4) is 0 Å². The van der Waals surface area contributed by atoms with E-state index in [1.807, 2.05) is 0 Å². The summed E-state index contributed by atoms with van der Waals surface area (Å²) in [6, 6.07) is 8.83. The summed E-state index contributed by atoms with van der Waals surface area (Å²) >= 11 is 0. The Morgan fingerprint density at radius 3 is 2.29 bits per heavy atom. The van der Waals surface area contributed by atoms with Crippen molar-refractivity contribution in [3.05, 3.63) is 35.4 Å². The fourth-order valence-electron chi connectivity index (χ4n) is 2.36. The quantitative estimate of drug-likeness (QED) is 0.760. The summed E-state index contributed by atoms with van der Waals surface area (Å²) in [5.74, 6) is 0. The maximum absolute atomic E-state index is 9.35. The van der Waals surface area contributed by atoms with Crippen molar-refractivity contribution in [1.29, 1.82) is 0 Å². The molecule has 2 rings (SSSR count). The van der Waals surface area contributed by atoms with E-state index in [0.717, 1.165) is 19.3 Å². The lowest BCUT2D eigenvalue weighted by molar-refractivity contribution is 0.0273. The third kappa shape index (κ3) is 1.57. The fourth-order valence-corrected chi connectivity index (χ4v) is 2.36. The van der Waals surface area contributed by atoms with E-state index in [1.165, 1.54) is 11.1 Å². The number of hydrogen-bond acceptors (Lipinski definition) is 1. The third-order valence-corrected chi connectivity index (χ3v) is 3.43. The SMILES string of the molecule is CCc1ccc(C2(C)CC(O)C2)cc1. The van der Waals surface area contributed by atoms with Crippen molar-refractivity contribution in [3.63, 3.8) is 0 Å². The zero-order valence-electron chi connectivity index (χ0n) is 8.96. The van der Waals surface area contributed by atoms with Gasteiger partial charge in [0.2, 0.25) is 0 Å². The molecule has 76 valence electrons. The predicted octanol–water partition coefficient (Wildman–Crippen LogP) is 2.66. The summed E-state index contributed by atoms with van der Waals surface area (Å²) in [7, 11) is 0. The molecule has 0 heterocycles. The molecule has 1 fully saturated rings. The van der Waals surface area contributed by atoms with E-state index < -0.39 is 0 Å². The lowest BCUT2D eigenvalue weighted by Crippen LogP contribution is -2.41. The van der Waals surface area contributed by atoms with Crippen molar-refractivity contribution in [2.75, 3.05) is 0 Å². The molecule has 1 N–H and O–H groups in total. The van der Waals surface area contributed by atoms with E-state index in [9.17, 15) is 5.11 Å². The van der Waals surface area contributed by atoms with Gasteiger partial charge in [0.15, 0.2) is 0 Å². The van der Waals surface area contributed by atoms with Gasteiger partial charge >= 0.3 is 0 Å². The Morgan fingerprint density at radius 1 is 1.29 bits per heavy atom. The van der Waals surface area contributed by atoms with E-state index in [-0.39, 0.29) is 11.5 Å². The molecule has 1 nitrogen and oxygen atoms in total. The summed E-state index contributed by atoms with van der Waals surface area (Å²) < 4.78 is 0. The van der Waals surface area contributed by atoms with Crippen LogP contribution in [-0.4, -0.2) is 11.2 Å². The molecule has 0 radical (unpaired) electrons. The summed E-state index contributed by atoms with van der Waals surface area (Å²) in [4.78, 5) is 0. The molecule has 0 saturated heterocycles. The first kappa shape index (κ1) is 9.72. The topological polar surface area (TPSA) is 20.2 Å². The normalized spacial score (nSPS) is 31.2. The van der Waals surface area contributed by atoms with Crippen LogP contribution in [0.3, 0.4) is 0 Å². The van der Waals surface area contributed by atoms with E-state index in [2.05, 4.69) is 38.1 Å². The second-order valence-electron chi connectivity index (χ2n) is 4.67. The molecule has 1 aromatic carbocycles. The Bertz CT molecular complexity index is 307. The number of benzene rings is 1. The summed E-state index contributed by atoms with van der Waals surface area (Å²) in [6.07, 6.45) is 2.85. The molecule has 14 heavy (non-hydrogen) atoms. The lowest BCUT2D eigenvalue weighted by atomic mass is 9.64. The lowest BCUT2D eigenvalue weighted by Gasteiger charge is -2.43. The van der Waals surface area contributed by atoms with Crippen LogP contribution in [0.1, 0.15) is 37.8 Å². The Balaban J connectivity index is 2.17. The van der Waals surface area contributed by atoms with Gasteiger partial charge in [-0.3, -0.25) is 0 Å². The van der Waals surface area contributed by atoms with Gasteiger partial charge in [0.25, 0.3) is 0 Å². The summed E-state index contributed by atoms with van der Waals surface area (Å²) in [5.41, 5.74) is 2.99. The Labute approximate surface area is 85.8 Å². The van der Waals surface area contributed by atoms with Gasteiger partial charge in [0, 0.05) is 0 Å². The average Bonchev–Trinajstić information content (AvgIpc) is 2.16. The molecule has 1 heteroatoms. The van der Waals surface area contributed by atoms with Crippen molar-refractivity contribution < 1.29 is 5.11 Å². The van der Waals surface area contributed by atoms with E-state index in [0.29, 0.717) is 0 Å². The van der Waals surface area contributed by atoms with E-state index in [1.54, 1.807) is 0 Å². The van der Waals surface area contributed by atoms with Gasteiger partial charge in [-0.05, 0) is 35.8 Å². The zero-order chi connectivity index (χ0) is 10.2. The van der Waals surface area contributed by atoms with Crippen LogP contribution in [0.5, 0.6) is 0 Å². The van der Waals surface area contributed by atoms with Crippen molar-refractivity contribution in [2.24, 2.45) is 0 Å². The standard InChI is InChI=1S/C13H18O/c1-3-10-4-6-11(7-5-10)13(2)8-12(14)9-13/h4-7,12,14H,3,8-9H2,1-2H3. The Morgan fingerprint density at radius 2 is 1.86 bits per heavy atom. The van der Waals surface area contributed by atoms with Crippen LogP contribution in [-0.2, 0) is 11.8 Å². The van der Waals surface area contributed by atoms with Crippen LogP contribution in [0.4, 0.5) is 0 Å². The Hall–Kier alpha value is -0.820. The van der Waals surface area contributed by atoms with Gasteiger partial charge in [0.05, 0.1) is 6.10 Å². The summed E-state index contributed by atoms with van der Waals surface area (Å²) in [6.45, 7) is 4.41. The number of aryl methyl sites for hydroxylation is 1. The van der Waals surface area contributed by atoms with E-state index in [4.69, 9.17) is 0 Å². The maximum Gasteiger partial charge on any atom is 0.0557 e. The van der Waals surface area contributed by atoms with Crippen LogP contribution < -0.4 is 0 Å². The van der Waals surface area contributed by atoms with Gasteiger partial charge in [-0.25, -0.2) is 0 Å². The second-order valence-corrected chi connectivity index (χ2v) is 4.67. The highest BCUT2D eigenvalue weighted by Gasteiger charge is 2.40. The molecule has 1 saturated carbocycles. The van der Waals surface area contributed by atoms with Crippen molar-refractivity contribution in [1.82, 2.24) is 0 Å². The van der Waals surface area contributed by atoms with Gasteiger partial charge in [-0.2, -0.15) is 0 Å². The second kappa shape index (κ2) is 3.39. The van der Waals surface area contributed by atoms with Gasteiger partial charge in [0.1, 0.15) is 0 Å². The van der Waals surface area contributed by atoms with Gasteiger partial charge in [-0.15, -0.1) is 0 Å².